The summed E-state index contributed by atoms with van der Waals surface area (Å²) < 4.78 is 0. The molecule has 0 aromatic heterocycles. The fourth-order valence-electron chi connectivity index (χ4n) is 2.71. The van der Waals surface area contributed by atoms with E-state index in [1.807, 2.05) is 6.92 Å². The van der Waals surface area contributed by atoms with Gasteiger partial charge in [0.2, 0.25) is 5.91 Å². The van der Waals surface area contributed by atoms with Crippen LogP contribution in [0.2, 0.25) is 0 Å². The highest BCUT2D eigenvalue weighted by molar-refractivity contribution is 5.81. The summed E-state index contributed by atoms with van der Waals surface area (Å²) in [4.78, 5) is 11.7. The molecule has 0 spiro atoms. The normalized spacial score (nSPS) is 20.5. The molecule has 102 valence electrons. The number of carbonyl (C=O) groups is 1. The third kappa shape index (κ3) is 5.10. The first-order valence-electron chi connectivity index (χ1n) is 7.12. The maximum Gasteiger partial charge on any atom is 0.237 e. The fourth-order valence-corrected chi connectivity index (χ4v) is 2.71. The van der Waals surface area contributed by atoms with Crippen molar-refractivity contribution in [1.82, 2.24) is 10.6 Å². The molecule has 1 amide bonds. The number of hydrogen-bond acceptors (Lipinski definition) is 2. The molecule has 0 bridgehead atoms. The van der Waals surface area contributed by atoms with Gasteiger partial charge in [0.15, 0.2) is 0 Å². The van der Waals surface area contributed by atoms with E-state index in [1.165, 1.54) is 38.5 Å². The molecule has 2 atom stereocenters. The van der Waals surface area contributed by atoms with Crippen LogP contribution in [0.3, 0.4) is 0 Å². The minimum absolute atomic E-state index is 0.00609. The minimum atomic E-state index is -0.170. The monoisotopic (exact) mass is 250 g/mol. The van der Waals surface area contributed by atoms with Crippen molar-refractivity contribution in [2.75, 3.05) is 6.54 Å². The zero-order chi connectivity index (χ0) is 13.4. The highest BCUT2D eigenvalue weighted by Crippen LogP contribution is 2.25. The summed E-state index contributed by atoms with van der Waals surface area (Å²) in [6.45, 7) is 4.41. The van der Waals surface area contributed by atoms with Crippen molar-refractivity contribution < 1.29 is 4.79 Å². The van der Waals surface area contributed by atoms with E-state index < -0.39 is 0 Å². The quantitative estimate of drug-likeness (QED) is 0.579. The lowest BCUT2D eigenvalue weighted by Crippen LogP contribution is -2.48. The molecule has 0 heterocycles. The van der Waals surface area contributed by atoms with E-state index in [2.05, 4.69) is 23.5 Å². The maximum atomic E-state index is 11.7. The van der Waals surface area contributed by atoms with Crippen LogP contribution in [0.15, 0.2) is 0 Å². The first kappa shape index (κ1) is 15.0. The van der Waals surface area contributed by atoms with Gasteiger partial charge in [-0.15, -0.1) is 6.42 Å². The van der Waals surface area contributed by atoms with Crippen LogP contribution in [0.5, 0.6) is 0 Å². The molecule has 1 aliphatic rings. The Labute approximate surface area is 111 Å². The molecular weight excluding hydrogens is 224 g/mol. The Morgan fingerprint density at radius 3 is 2.44 bits per heavy atom. The largest absolute Gasteiger partial charge is 0.344 e. The van der Waals surface area contributed by atoms with Gasteiger partial charge >= 0.3 is 0 Å². The molecule has 0 aromatic carbocycles. The van der Waals surface area contributed by atoms with Crippen LogP contribution in [0.25, 0.3) is 0 Å². The average Bonchev–Trinajstić information content (AvgIpc) is 2.64. The molecule has 0 aliphatic heterocycles. The van der Waals surface area contributed by atoms with E-state index in [0.29, 0.717) is 18.5 Å². The first-order chi connectivity index (χ1) is 8.65. The zero-order valence-corrected chi connectivity index (χ0v) is 11.7. The van der Waals surface area contributed by atoms with E-state index in [-0.39, 0.29) is 11.9 Å². The molecule has 1 aliphatic carbocycles. The lowest BCUT2D eigenvalue weighted by atomic mass is 9.92. The van der Waals surface area contributed by atoms with Crippen molar-refractivity contribution >= 4 is 5.91 Å². The number of terminal acetylenes is 1. The molecule has 1 unspecified atom stereocenters. The topological polar surface area (TPSA) is 41.1 Å². The SMILES string of the molecule is C#CCNC(=O)C(C)N[C@@H](C)C1CCCCCC1. The van der Waals surface area contributed by atoms with Crippen molar-refractivity contribution in [2.45, 2.75) is 64.5 Å². The Hall–Kier alpha value is -1.01. The Morgan fingerprint density at radius 1 is 1.28 bits per heavy atom. The number of nitrogens with one attached hydrogen (secondary N) is 2. The molecule has 1 fully saturated rings. The zero-order valence-electron chi connectivity index (χ0n) is 11.7. The average molecular weight is 250 g/mol. The Balaban J connectivity index is 2.35. The Morgan fingerprint density at radius 2 is 1.89 bits per heavy atom. The van der Waals surface area contributed by atoms with Gasteiger partial charge in [0.05, 0.1) is 12.6 Å². The van der Waals surface area contributed by atoms with Crippen molar-refractivity contribution in [3.8, 4) is 12.3 Å². The molecule has 2 N–H and O–H groups in total. The summed E-state index contributed by atoms with van der Waals surface area (Å²) >= 11 is 0. The van der Waals surface area contributed by atoms with Gasteiger partial charge in [0.25, 0.3) is 0 Å². The second-order valence-corrected chi connectivity index (χ2v) is 5.35. The molecular formula is C15H26N2O. The van der Waals surface area contributed by atoms with E-state index in [0.717, 1.165) is 0 Å². The van der Waals surface area contributed by atoms with Gasteiger partial charge in [-0.1, -0.05) is 31.6 Å². The molecule has 0 radical (unpaired) electrons. The third-order valence-corrected chi connectivity index (χ3v) is 3.88. The predicted octanol–water partition coefficient (Wildman–Crippen LogP) is 2.07. The smallest absolute Gasteiger partial charge is 0.237 e. The van der Waals surface area contributed by atoms with Crippen LogP contribution < -0.4 is 10.6 Å². The van der Waals surface area contributed by atoms with Crippen LogP contribution in [-0.4, -0.2) is 24.5 Å². The molecule has 3 heteroatoms. The lowest BCUT2D eigenvalue weighted by molar-refractivity contribution is -0.122. The number of amides is 1. The molecule has 3 nitrogen and oxygen atoms in total. The van der Waals surface area contributed by atoms with Crippen LogP contribution >= 0.6 is 0 Å². The van der Waals surface area contributed by atoms with E-state index >= 15 is 0 Å². The van der Waals surface area contributed by atoms with E-state index in [9.17, 15) is 4.79 Å². The highest BCUT2D eigenvalue weighted by Gasteiger charge is 2.22. The van der Waals surface area contributed by atoms with Crippen LogP contribution in [-0.2, 0) is 4.79 Å². The fraction of sp³-hybridized carbons (Fsp3) is 0.800. The number of carbonyl (C=O) groups excluding carboxylic acids is 1. The summed E-state index contributed by atoms with van der Waals surface area (Å²) in [5.74, 6) is 3.12. The third-order valence-electron chi connectivity index (χ3n) is 3.88. The Kier molecular flexibility index (Phi) is 6.82. The highest BCUT2D eigenvalue weighted by atomic mass is 16.2. The first-order valence-corrected chi connectivity index (χ1v) is 7.12. The molecule has 0 aromatic rings. The van der Waals surface area contributed by atoms with Gasteiger partial charge in [-0.25, -0.2) is 0 Å². The van der Waals surface area contributed by atoms with Crippen molar-refractivity contribution in [1.29, 1.82) is 0 Å². The molecule has 0 saturated heterocycles. The van der Waals surface area contributed by atoms with Crippen LogP contribution in [0.1, 0.15) is 52.4 Å². The van der Waals surface area contributed by atoms with Crippen molar-refractivity contribution in [3.63, 3.8) is 0 Å². The standard InChI is InChI=1S/C15H26N2O/c1-4-11-16-15(18)13(3)17-12(2)14-9-7-5-6-8-10-14/h1,12-14,17H,5-11H2,2-3H3,(H,16,18)/t12-,13?/m0/s1. The second-order valence-electron chi connectivity index (χ2n) is 5.35. The summed E-state index contributed by atoms with van der Waals surface area (Å²) in [6.07, 6.45) is 13.1. The van der Waals surface area contributed by atoms with Crippen molar-refractivity contribution in [3.05, 3.63) is 0 Å². The van der Waals surface area contributed by atoms with Gasteiger partial charge < -0.3 is 10.6 Å². The molecule has 1 rings (SSSR count). The van der Waals surface area contributed by atoms with Gasteiger partial charge in [0.1, 0.15) is 0 Å². The van der Waals surface area contributed by atoms with Gasteiger partial charge in [-0.05, 0) is 32.6 Å². The minimum Gasteiger partial charge on any atom is -0.344 e. The van der Waals surface area contributed by atoms with Crippen LogP contribution in [0.4, 0.5) is 0 Å². The summed E-state index contributed by atoms with van der Waals surface area (Å²) in [7, 11) is 0. The van der Waals surface area contributed by atoms with Crippen LogP contribution in [0, 0.1) is 18.3 Å². The van der Waals surface area contributed by atoms with E-state index in [4.69, 9.17) is 6.42 Å². The maximum absolute atomic E-state index is 11.7. The molecule has 18 heavy (non-hydrogen) atoms. The van der Waals surface area contributed by atoms with Gasteiger partial charge in [-0.3, -0.25) is 4.79 Å². The van der Waals surface area contributed by atoms with Gasteiger partial charge in [0, 0.05) is 6.04 Å². The summed E-state index contributed by atoms with van der Waals surface area (Å²) in [6, 6.07) is 0.228. The van der Waals surface area contributed by atoms with Gasteiger partial charge in [-0.2, -0.15) is 0 Å². The lowest BCUT2D eigenvalue weighted by Gasteiger charge is -2.26. The van der Waals surface area contributed by atoms with E-state index in [1.54, 1.807) is 0 Å². The number of hydrogen-bond donors (Lipinski definition) is 2. The second kappa shape index (κ2) is 8.16. The summed E-state index contributed by atoms with van der Waals surface area (Å²) in [5, 5.41) is 6.12. The Bertz CT molecular complexity index is 287. The predicted molar refractivity (Wildman–Crippen MR) is 75.1 cm³/mol. The molecule has 1 saturated carbocycles. The summed E-state index contributed by atoms with van der Waals surface area (Å²) in [5.41, 5.74) is 0. The van der Waals surface area contributed by atoms with Crippen molar-refractivity contribution in [2.24, 2.45) is 5.92 Å². The number of rotatable bonds is 5.